The third-order valence-electron chi connectivity index (χ3n) is 3.72. The van der Waals surface area contributed by atoms with Crippen molar-refractivity contribution in [2.75, 3.05) is 0 Å². The highest BCUT2D eigenvalue weighted by atomic mass is 16.4. The third-order valence-corrected chi connectivity index (χ3v) is 3.72. The quantitative estimate of drug-likeness (QED) is 0.711. The molecule has 2 aliphatic carbocycles. The maximum Gasteiger partial charge on any atom is 0.335 e. The van der Waals surface area contributed by atoms with E-state index >= 15 is 0 Å². The summed E-state index contributed by atoms with van der Waals surface area (Å²) in [7, 11) is 0. The predicted molar refractivity (Wildman–Crippen MR) is 63.1 cm³/mol. The van der Waals surface area contributed by atoms with Crippen molar-refractivity contribution in [2.45, 2.75) is 52.1 Å². The number of carboxylic acid groups (broad SMARTS) is 1. The fourth-order valence-electron chi connectivity index (χ4n) is 1.93. The number of hydrogen-bond acceptors (Lipinski definition) is 2. The van der Waals surface area contributed by atoms with Crippen LogP contribution in [0.25, 0.3) is 0 Å². The fourth-order valence-corrected chi connectivity index (χ4v) is 1.93. The lowest BCUT2D eigenvalue weighted by atomic mass is 9.93. The first-order chi connectivity index (χ1) is 7.34. The Bertz CT molecular complexity index is 290. The molecule has 2 N–H and O–H groups in total. The normalized spacial score (nSPS) is 25.8. The number of carbonyl (C=O) groups is 1. The minimum Gasteiger partial charge on any atom is -0.479 e. The summed E-state index contributed by atoms with van der Waals surface area (Å²) in [6.07, 6.45) is 8.18. The summed E-state index contributed by atoms with van der Waals surface area (Å²) < 4.78 is 0. The Morgan fingerprint density at radius 2 is 2.19 bits per heavy atom. The van der Waals surface area contributed by atoms with Gasteiger partial charge in [0.1, 0.15) is 0 Å². The van der Waals surface area contributed by atoms with Gasteiger partial charge in [0.2, 0.25) is 0 Å². The van der Waals surface area contributed by atoms with E-state index in [0.717, 1.165) is 5.92 Å². The molecule has 0 amide bonds. The van der Waals surface area contributed by atoms with Gasteiger partial charge >= 0.3 is 5.97 Å². The summed E-state index contributed by atoms with van der Waals surface area (Å²) in [6.45, 7) is 4.61. The van der Waals surface area contributed by atoms with Gasteiger partial charge < -0.3 is 10.2 Å². The van der Waals surface area contributed by atoms with Crippen LogP contribution in [0.15, 0.2) is 11.6 Å². The van der Waals surface area contributed by atoms with Crippen LogP contribution in [0.1, 0.15) is 46.5 Å². The summed E-state index contributed by atoms with van der Waals surface area (Å²) in [5.74, 6) is -0.345. The Morgan fingerprint density at radius 1 is 1.56 bits per heavy atom. The molecule has 3 heteroatoms. The molecule has 2 unspecified atom stereocenters. The molecule has 3 nitrogen and oxygen atoms in total. The first-order valence-corrected chi connectivity index (χ1v) is 5.97. The smallest absolute Gasteiger partial charge is 0.335 e. The van der Waals surface area contributed by atoms with Crippen molar-refractivity contribution >= 4 is 5.97 Å². The summed E-state index contributed by atoms with van der Waals surface area (Å²) in [5.41, 5.74) is 0.157. The molecule has 2 bridgehead atoms. The number of rotatable bonds is 2. The highest BCUT2D eigenvalue weighted by Crippen LogP contribution is 2.38. The standard InChI is InChI=1S/C7H10.C6H12O3/c1-2-7-4-3-6(1)5-7;1-4(2)6(3,9)5(7)8/h1,7H,2-5H2;4,9H,1-3H3,(H,7,8). The van der Waals surface area contributed by atoms with Crippen LogP contribution in [0, 0.1) is 11.8 Å². The van der Waals surface area contributed by atoms with E-state index in [-0.39, 0.29) is 5.92 Å². The highest BCUT2D eigenvalue weighted by molar-refractivity contribution is 5.76. The van der Waals surface area contributed by atoms with Gasteiger partial charge in [-0.05, 0) is 44.4 Å². The molecule has 0 aromatic rings. The number of aliphatic carboxylic acids is 1. The van der Waals surface area contributed by atoms with Gasteiger partial charge in [-0.2, -0.15) is 0 Å². The minimum atomic E-state index is -1.58. The molecule has 92 valence electrons. The molecule has 2 aliphatic rings. The third kappa shape index (κ3) is 3.08. The summed E-state index contributed by atoms with van der Waals surface area (Å²) in [5, 5.41) is 17.4. The molecule has 0 radical (unpaired) electrons. The molecule has 16 heavy (non-hydrogen) atoms. The van der Waals surface area contributed by atoms with Gasteiger partial charge in [0, 0.05) is 0 Å². The van der Waals surface area contributed by atoms with Gasteiger partial charge in [-0.3, -0.25) is 0 Å². The summed E-state index contributed by atoms with van der Waals surface area (Å²) >= 11 is 0. The fraction of sp³-hybridized carbons (Fsp3) is 0.769. The summed E-state index contributed by atoms with van der Waals surface area (Å²) in [4.78, 5) is 10.2. The molecule has 2 atom stereocenters. The zero-order chi connectivity index (χ0) is 12.3. The topological polar surface area (TPSA) is 57.5 Å². The van der Waals surface area contributed by atoms with Crippen molar-refractivity contribution in [3.8, 4) is 0 Å². The van der Waals surface area contributed by atoms with E-state index in [9.17, 15) is 4.79 Å². The van der Waals surface area contributed by atoms with Crippen LogP contribution in [0.4, 0.5) is 0 Å². The van der Waals surface area contributed by atoms with Crippen LogP contribution in [-0.4, -0.2) is 21.8 Å². The lowest BCUT2D eigenvalue weighted by molar-refractivity contribution is -0.160. The maximum absolute atomic E-state index is 10.2. The zero-order valence-electron chi connectivity index (χ0n) is 10.4. The molecule has 0 spiro atoms. The van der Waals surface area contributed by atoms with Crippen LogP contribution in [0.3, 0.4) is 0 Å². The van der Waals surface area contributed by atoms with E-state index in [4.69, 9.17) is 10.2 Å². The van der Waals surface area contributed by atoms with E-state index in [1.54, 1.807) is 19.4 Å². The second-order valence-corrected chi connectivity index (χ2v) is 5.31. The maximum atomic E-state index is 10.2. The van der Waals surface area contributed by atoms with Crippen molar-refractivity contribution in [3.05, 3.63) is 11.6 Å². The van der Waals surface area contributed by atoms with Crippen molar-refractivity contribution in [1.82, 2.24) is 0 Å². The van der Waals surface area contributed by atoms with Crippen LogP contribution in [0.2, 0.25) is 0 Å². The molecule has 0 heterocycles. The molecule has 2 rings (SSSR count). The largest absolute Gasteiger partial charge is 0.479 e. The SMILES string of the molecule is C1=C2CCC(C1)C2.CC(C)C(C)(O)C(=O)O. The predicted octanol–water partition coefficient (Wildman–Crippen LogP) is 2.59. The minimum absolute atomic E-state index is 0.255. The van der Waals surface area contributed by atoms with Crippen molar-refractivity contribution in [1.29, 1.82) is 0 Å². The van der Waals surface area contributed by atoms with Crippen LogP contribution in [0.5, 0.6) is 0 Å². The molecule has 0 aromatic heterocycles. The number of carboxylic acids is 1. The first-order valence-electron chi connectivity index (χ1n) is 5.97. The lowest BCUT2D eigenvalue weighted by Crippen LogP contribution is -2.40. The molecule has 1 fully saturated rings. The van der Waals surface area contributed by atoms with E-state index < -0.39 is 11.6 Å². The molecular weight excluding hydrogens is 204 g/mol. The van der Waals surface area contributed by atoms with Crippen LogP contribution in [-0.2, 0) is 4.79 Å². The highest BCUT2D eigenvalue weighted by Gasteiger charge is 2.33. The molecular formula is C13H22O3. The second-order valence-electron chi connectivity index (χ2n) is 5.31. The molecule has 0 aliphatic heterocycles. The second kappa shape index (κ2) is 5.00. The Labute approximate surface area is 97.2 Å². The number of hydrogen-bond donors (Lipinski definition) is 2. The zero-order valence-corrected chi connectivity index (χ0v) is 10.4. The molecule has 0 saturated heterocycles. The Balaban J connectivity index is 0.000000163. The van der Waals surface area contributed by atoms with Gasteiger partial charge in [-0.15, -0.1) is 0 Å². The Kier molecular flexibility index (Phi) is 4.14. The molecule has 0 aromatic carbocycles. The number of aliphatic hydroxyl groups is 1. The average molecular weight is 226 g/mol. The van der Waals surface area contributed by atoms with E-state index in [0.29, 0.717) is 0 Å². The van der Waals surface area contributed by atoms with Crippen LogP contribution < -0.4 is 0 Å². The Hall–Kier alpha value is -0.830. The monoisotopic (exact) mass is 226 g/mol. The van der Waals surface area contributed by atoms with Gasteiger partial charge in [0.25, 0.3) is 0 Å². The number of fused-ring (bicyclic) bond motifs is 2. The first kappa shape index (κ1) is 13.2. The molecule has 1 saturated carbocycles. The number of allylic oxidation sites excluding steroid dienone is 2. The van der Waals surface area contributed by atoms with E-state index in [1.165, 1.54) is 32.6 Å². The van der Waals surface area contributed by atoms with E-state index in [2.05, 4.69) is 6.08 Å². The van der Waals surface area contributed by atoms with Crippen molar-refractivity contribution < 1.29 is 15.0 Å². The van der Waals surface area contributed by atoms with Gasteiger partial charge in [0.05, 0.1) is 0 Å². The van der Waals surface area contributed by atoms with Gasteiger partial charge in [0.15, 0.2) is 5.60 Å². The van der Waals surface area contributed by atoms with Gasteiger partial charge in [-0.25, -0.2) is 4.79 Å². The van der Waals surface area contributed by atoms with Crippen LogP contribution >= 0.6 is 0 Å². The lowest BCUT2D eigenvalue weighted by Gasteiger charge is -2.21. The van der Waals surface area contributed by atoms with Crippen molar-refractivity contribution in [3.63, 3.8) is 0 Å². The van der Waals surface area contributed by atoms with E-state index in [1.807, 2.05) is 0 Å². The Morgan fingerprint density at radius 3 is 2.25 bits per heavy atom. The average Bonchev–Trinajstić information content (AvgIpc) is 2.81. The summed E-state index contributed by atoms with van der Waals surface area (Å²) in [6, 6.07) is 0. The van der Waals surface area contributed by atoms with Gasteiger partial charge in [-0.1, -0.05) is 25.5 Å². The van der Waals surface area contributed by atoms with Crippen molar-refractivity contribution in [2.24, 2.45) is 11.8 Å².